The molecule has 1 N–H and O–H groups in total. The SMILES string of the molecule is CCn1c(SCC(=O)N2CC(=O)Nc3ccccc32)nc2sc3c(c2c1=O)CCC(C)C3. The maximum Gasteiger partial charge on any atom is 0.263 e. The Hall–Kier alpha value is -2.65. The monoisotopic (exact) mass is 468 g/mol. The van der Waals surface area contributed by atoms with Crippen molar-refractivity contribution in [3.63, 3.8) is 0 Å². The summed E-state index contributed by atoms with van der Waals surface area (Å²) in [7, 11) is 0. The fourth-order valence-corrected chi connectivity index (χ4v) is 6.82. The highest BCUT2D eigenvalue weighted by molar-refractivity contribution is 7.99. The number of hydrogen-bond acceptors (Lipinski definition) is 6. The van der Waals surface area contributed by atoms with Crippen molar-refractivity contribution in [1.29, 1.82) is 0 Å². The van der Waals surface area contributed by atoms with Crippen LogP contribution in [0.25, 0.3) is 10.2 Å². The molecule has 2 amide bonds. The molecule has 0 spiro atoms. The van der Waals surface area contributed by atoms with Gasteiger partial charge in [-0.2, -0.15) is 0 Å². The molecule has 0 fully saturated rings. The summed E-state index contributed by atoms with van der Waals surface area (Å²) in [5, 5.41) is 4.11. The van der Waals surface area contributed by atoms with Crippen LogP contribution in [0.2, 0.25) is 0 Å². The summed E-state index contributed by atoms with van der Waals surface area (Å²) in [6.07, 6.45) is 3.03. The Morgan fingerprint density at radius 3 is 2.94 bits per heavy atom. The summed E-state index contributed by atoms with van der Waals surface area (Å²) in [5.74, 6) is 0.320. The second-order valence-electron chi connectivity index (χ2n) is 8.31. The molecule has 5 rings (SSSR count). The van der Waals surface area contributed by atoms with Crippen LogP contribution in [-0.4, -0.2) is 33.7 Å². The first-order chi connectivity index (χ1) is 15.5. The Morgan fingerprint density at radius 1 is 1.31 bits per heavy atom. The highest BCUT2D eigenvalue weighted by atomic mass is 32.2. The number of thiophene rings is 1. The highest BCUT2D eigenvalue weighted by Gasteiger charge is 2.28. The zero-order valence-electron chi connectivity index (χ0n) is 18.0. The second kappa shape index (κ2) is 8.37. The van der Waals surface area contributed by atoms with Crippen LogP contribution in [0.3, 0.4) is 0 Å². The van der Waals surface area contributed by atoms with Gasteiger partial charge in [-0.05, 0) is 49.8 Å². The Labute approximate surface area is 193 Å². The van der Waals surface area contributed by atoms with Gasteiger partial charge in [0.1, 0.15) is 11.4 Å². The van der Waals surface area contributed by atoms with Gasteiger partial charge >= 0.3 is 0 Å². The summed E-state index contributed by atoms with van der Waals surface area (Å²) in [6.45, 7) is 4.65. The van der Waals surface area contributed by atoms with Crippen molar-refractivity contribution >= 4 is 56.5 Å². The van der Waals surface area contributed by atoms with Gasteiger partial charge in [0.05, 0.1) is 22.5 Å². The smallest absolute Gasteiger partial charge is 0.263 e. The normalized spacial score (nSPS) is 17.8. The number of carbonyl (C=O) groups is 2. The van der Waals surface area contributed by atoms with E-state index in [1.54, 1.807) is 22.0 Å². The summed E-state index contributed by atoms with van der Waals surface area (Å²) in [5.41, 5.74) is 2.48. The molecule has 1 atom stereocenters. The van der Waals surface area contributed by atoms with Crippen LogP contribution in [0, 0.1) is 5.92 Å². The van der Waals surface area contributed by atoms with Crippen molar-refractivity contribution < 1.29 is 9.59 Å². The van der Waals surface area contributed by atoms with E-state index >= 15 is 0 Å². The standard InChI is InChI=1S/C23H24N4O3S2/c1-3-26-22(30)20-14-9-8-13(2)10-17(14)32-21(20)25-23(26)31-12-19(29)27-11-18(28)24-15-6-4-5-7-16(15)27/h4-7,13H,3,8-12H2,1-2H3,(H,24,28). The molecular formula is C23H24N4O3S2. The van der Waals surface area contributed by atoms with Gasteiger partial charge in [0.25, 0.3) is 5.56 Å². The maximum absolute atomic E-state index is 13.3. The van der Waals surface area contributed by atoms with Gasteiger partial charge in [0, 0.05) is 11.4 Å². The van der Waals surface area contributed by atoms with Gasteiger partial charge in [0.15, 0.2) is 5.16 Å². The predicted octanol–water partition coefficient (Wildman–Crippen LogP) is 3.68. The first kappa shape index (κ1) is 21.2. The fraction of sp³-hybridized carbons (Fsp3) is 0.391. The number of aryl methyl sites for hydroxylation is 1. The van der Waals surface area contributed by atoms with E-state index in [2.05, 4.69) is 12.2 Å². The highest BCUT2D eigenvalue weighted by Crippen LogP contribution is 2.37. The number of anilines is 2. The fourth-order valence-electron chi connectivity index (χ4n) is 4.45. The van der Waals surface area contributed by atoms with E-state index in [0.717, 1.165) is 29.5 Å². The maximum atomic E-state index is 13.3. The lowest BCUT2D eigenvalue weighted by Crippen LogP contribution is -2.43. The molecule has 2 aromatic heterocycles. The Morgan fingerprint density at radius 2 is 2.12 bits per heavy atom. The third-order valence-electron chi connectivity index (χ3n) is 6.09. The summed E-state index contributed by atoms with van der Waals surface area (Å²) in [4.78, 5) is 46.8. The molecule has 0 saturated heterocycles. The number of aromatic nitrogens is 2. The van der Waals surface area contributed by atoms with Crippen LogP contribution in [-0.2, 0) is 29.0 Å². The lowest BCUT2D eigenvalue weighted by Gasteiger charge is -2.29. The van der Waals surface area contributed by atoms with Crippen LogP contribution in [0.15, 0.2) is 34.2 Å². The van der Waals surface area contributed by atoms with Crippen LogP contribution >= 0.6 is 23.1 Å². The Balaban J connectivity index is 1.44. The van der Waals surface area contributed by atoms with Gasteiger partial charge < -0.3 is 10.2 Å². The van der Waals surface area contributed by atoms with E-state index in [1.807, 2.05) is 25.1 Å². The number of para-hydroxylation sites is 2. The first-order valence-electron chi connectivity index (χ1n) is 10.8. The van der Waals surface area contributed by atoms with Crippen molar-refractivity contribution in [2.75, 3.05) is 22.5 Å². The minimum Gasteiger partial charge on any atom is -0.323 e. The number of hydrogen-bond donors (Lipinski definition) is 1. The van der Waals surface area contributed by atoms with Gasteiger partial charge in [-0.25, -0.2) is 4.98 Å². The molecule has 32 heavy (non-hydrogen) atoms. The van der Waals surface area contributed by atoms with Crippen molar-refractivity contribution in [1.82, 2.24) is 9.55 Å². The van der Waals surface area contributed by atoms with E-state index < -0.39 is 0 Å². The number of nitrogens with zero attached hydrogens (tertiary/aromatic N) is 3. The zero-order valence-corrected chi connectivity index (χ0v) is 19.6. The second-order valence-corrected chi connectivity index (χ2v) is 10.3. The number of amides is 2. The van der Waals surface area contributed by atoms with Crippen LogP contribution in [0.1, 0.15) is 30.7 Å². The van der Waals surface area contributed by atoms with E-state index in [-0.39, 0.29) is 29.7 Å². The molecule has 9 heteroatoms. The minimum atomic E-state index is -0.217. The van der Waals surface area contributed by atoms with Crippen LogP contribution < -0.4 is 15.8 Å². The molecule has 2 aliphatic rings. The Bertz CT molecular complexity index is 1300. The van der Waals surface area contributed by atoms with Gasteiger partial charge in [-0.1, -0.05) is 30.8 Å². The first-order valence-corrected chi connectivity index (χ1v) is 12.6. The van der Waals surface area contributed by atoms with Crippen LogP contribution in [0.4, 0.5) is 11.4 Å². The molecule has 0 saturated carbocycles. The molecule has 1 aliphatic heterocycles. The van der Waals surface area contributed by atoms with Gasteiger partial charge in [0.2, 0.25) is 11.8 Å². The van der Waals surface area contributed by atoms with Crippen LogP contribution in [0.5, 0.6) is 0 Å². The van der Waals surface area contributed by atoms with Crippen molar-refractivity contribution in [2.45, 2.75) is 44.8 Å². The molecule has 3 aromatic rings. The average Bonchev–Trinajstić information content (AvgIpc) is 3.14. The number of fused-ring (bicyclic) bond motifs is 4. The number of benzene rings is 1. The molecule has 0 bridgehead atoms. The molecule has 3 heterocycles. The molecular weight excluding hydrogens is 444 g/mol. The molecule has 166 valence electrons. The van der Waals surface area contributed by atoms with E-state index in [0.29, 0.717) is 29.0 Å². The number of thioether (sulfide) groups is 1. The third kappa shape index (κ3) is 3.63. The predicted molar refractivity (Wildman–Crippen MR) is 129 cm³/mol. The molecule has 1 aliphatic carbocycles. The number of nitrogens with one attached hydrogen (secondary N) is 1. The van der Waals surface area contributed by atoms with E-state index in [1.165, 1.54) is 27.1 Å². The van der Waals surface area contributed by atoms with Crippen molar-refractivity contribution in [2.24, 2.45) is 5.92 Å². The Kier molecular flexibility index (Phi) is 5.54. The number of rotatable bonds is 4. The summed E-state index contributed by atoms with van der Waals surface area (Å²) < 4.78 is 1.67. The molecule has 7 nitrogen and oxygen atoms in total. The third-order valence-corrected chi connectivity index (χ3v) is 8.20. The lowest BCUT2D eigenvalue weighted by molar-refractivity contribution is -0.120. The largest absolute Gasteiger partial charge is 0.323 e. The van der Waals surface area contributed by atoms with Gasteiger partial charge in [-0.15, -0.1) is 11.3 Å². The summed E-state index contributed by atoms with van der Waals surface area (Å²) in [6, 6.07) is 7.26. The molecule has 1 unspecified atom stereocenters. The molecule has 0 radical (unpaired) electrons. The van der Waals surface area contributed by atoms with Gasteiger partial charge in [-0.3, -0.25) is 19.0 Å². The summed E-state index contributed by atoms with van der Waals surface area (Å²) >= 11 is 2.88. The van der Waals surface area contributed by atoms with E-state index in [9.17, 15) is 14.4 Å². The minimum absolute atomic E-state index is 0.0119. The lowest BCUT2D eigenvalue weighted by atomic mass is 9.89. The molecule has 1 aromatic carbocycles. The van der Waals surface area contributed by atoms with Crippen molar-refractivity contribution in [3.8, 4) is 0 Å². The van der Waals surface area contributed by atoms with E-state index in [4.69, 9.17) is 4.98 Å². The average molecular weight is 469 g/mol. The topological polar surface area (TPSA) is 84.3 Å². The number of carbonyl (C=O) groups excluding carboxylic acids is 2. The zero-order chi connectivity index (χ0) is 22.4. The van der Waals surface area contributed by atoms with Crippen molar-refractivity contribution in [3.05, 3.63) is 45.1 Å². The quantitative estimate of drug-likeness (QED) is 0.466.